The third-order valence-electron chi connectivity index (χ3n) is 5.72. The second-order valence-corrected chi connectivity index (χ2v) is 7.54. The summed E-state index contributed by atoms with van der Waals surface area (Å²) in [6.07, 6.45) is 4.81. The summed E-state index contributed by atoms with van der Waals surface area (Å²) in [7, 11) is 5.61. The third-order valence-corrected chi connectivity index (χ3v) is 5.72. The number of hydrogen-bond acceptors (Lipinski definition) is 8. The monoisotopic (exact) mass is 426 g/mol. The molecule has 0 amide bonds. The van der Waals surface area contributed by atoms with E-state index in [4.69, 9.17) is 14.2 Å². The summed E-state index contributed by atoms with van der Waals surface area (Å²) in [4.78, 5) is 41.7. The number of hydrogen-bond donors (Lipinski definition) is 0. The molecule has 2 heterocycles. The summed E-state index contributed by atoms with van der Waals surface area (Å²) in [5, 5.41) is 0. The first-order valence-electron chi connectivity index (χ1n) is 9.76. The average Bonchev–Trinajstić information content (AvgIpc) is 2.90. The van der Waals surface area contributed by atoms with Gasteiger partial charge in [-0.2, -0.15) is 0 Å². The molecule has 0 aromatic heterocycles. The molecular formula is C23H26N2O6. The number of carbonyl (C=O) groups is 3. The Morgan fingerprint density at radius 2 is 1.48 bits per heavy atom. The van der Waals surface area contributed by atoms with Gasteiger partial charge >= 0.3 is 17.9 Å². The first-order chi connectivity index (χ1) is 14.7. The summed E-state index contributed by atoms with van der Waals surface area (Å²) in [5.41, 5.74) is 0.925. The summed E-state index contributed by atoms with van der Waals surface area (Å²) < 4.78 is 15.0. The minimum Gasteiger partial charge on any atom is -0.466 e. The highest BCUT2D eigenvalue weighted by Gasteiger charge is 2.50. The van der Waals surface area contributed by atoms with Gasteiger partial charge in [-0.25, -0.2) is 14.4 Å². The maximum Gasteiger partial charge on any atom is 0.354 e. The van der Waals surface area contributed by atoms with Crippen LogP contribution in [0.15, 0.2) is 59.5 Å². The number of nitrogens with zero attached hydrogens (tertiary/aromatic N) is 2. The Morgan fingerprint density at radius 3 is 2.03 bits per heavy atom. The Balaban J connectivity index is 2.47. The molecule has 1 aromatic carbocycles. The number of para-hydroxylation sites is 2. The Kier molecular flexibility index (Phi) is 5.92. The first-order valence-corrected chi connectivity index (χ1v) is 9.76. The Morgan fingerprint density at radius 1 is 0.903 bits per heavy atom. The van der Waals surface area contributed by atoms with E-state index in [1.165, 1.54) is 27.4 Å². The topological polar surface area (TPSA) is 85.4 Å². The zero-order valence-electron chi connectivity index (χ0n) is 18.5. The molecule has 2 aliphatic heterocycles. The summed E-state index contributed by atoms with van der Waals surface area (Å²) in [6, 6.07) is 7.41. The molecule has 31 heavy (non-hydrogen) atoms. The molecule has 2 aliphatic rings. The normalized spacial score (nSPS) is 19.9. The molecule has 8 nitrogen and oxygen atoms in total. The highest BCUT2D eigenvalue weighted by Crippen LogP contribution is 2.48. The molecule has 0 saturated heterocycles. The third kappa shape index (κ3) is 3.37. The molecule has 0 bridgehead atoms. The lowest BCUT2D eigenvalue weighted by molar-refractivity contribution is -0.138. The van der Waals surface area contributed by atoms with Crippen molar-refractivity contribution >= 4 is 29.3 Å². The lowest BCUT2D eigenvalue weighted by Gasteiger charge is -2.47. The molecular weight excluding hydrogens is 400 g/mol. The second-order valence-electron chi connectivity index (χ2n) is 7.54. The fourth-order valence-electron chi connectivity index (χ4n) is 4.10. The van der Waals surface area contributed by atoms with Crippen molar-refractivity contribution in [3.63, 3.8) is 0 Å². The van der Waals surface area contributed by atoms with Crippen molar-refractivity contribution in [2.75, 3.05) is 38.2 Å². The van der Waals surface area contributed by atoms with E-state index in [2.05, 4.69) is 0 Å². The largest absolute Gasteiger partial charge is 0.466 e. The van der Waals surface area contributed by atoms with Gasteiger partial charge < -0.3 is 24.0 Å². The number of carbonyl (C=O) groups excluding carboxylic acids is 3. The van der Waals surface area contributed by atoms with Gasteiger partial charge in [-0.1, -0.05) is 26.0 Å². The zero-order valence-corrected chi connectivity index (χ0v) is 18.5. The van der Waals surface area contributed by atoms with Crippen LogP contribution >= 0.6 is 0 Å². The van der Waals surface area contributed by atoms with Crippen LogP contribution in [-0.2, 0) is 28.6 Å². The number of methoxy groups -OCH3 is 3. The van der Waals surface area contributed by atoms with Crippen LogP contribution in [0.2, 0.25) is 0 Å². The van der Waals surface area contributed by atoms with Gasteiger partial charge in [-0.15, -0.1) is 0 Å². The maximum atomic E-state index is 13.0. The molecule has 1 aromatic rings. The number of rotatable bonds is 4. The molecule has 0 aliphatic carbocycles. The van der Waals surface area contributed by atoms with Crippen molar-refractivity contribution in [2.24, 2.45) is 5.92 Å². The Labute approximate surface area is 181 Å². The molecule has 0 spiro atoms. The first kappa shape index (κ1) is 22.1. The van der Waals surface area contributed by atoms with E-state index >= 15 is 0 Å². The summed E-state index contributed by atoms with van der Waals surface area (Å²) in [6.45, 7) is 3.86. The Bertz CT molecular complexity index is 1020. The lowest BCUT2D eigenvalue weighted by Crippen LogP contribution is -2.54. The molecule has 0 unspecified atom stereocenters. The maximum absolute atomic E-state index is 13.0. The van der Waals surface area contributed by atoms with Crippen LogP contribution in [-0.4, -0.2) is 51.8 Å². The summed E-state index contributed by atoms with van der Waals surface area (Å²) in [5.74, 6) is -1.97. The van der Waals surface area contributed by atoms with Crippen LogP contribution in [0.5, 0.6) is 0 Å². The predicted molar refractivity (Wildman–Crippen MR) is 115 cm³/mol. The SMILES string of the molecule is COC(=O)C1=CN2c3ccccc3N(C)C(C(=O)OC)=C[C@@]2(C(C)C)C(C(=O)OC)=C1. The molecule has 8 heteroatoms. The van der Waals surface area contributed by atoms with Crippen molar-refractivity contribution in [1.82, 2.24) is 0 Å². The molecule has 1 atom stereocenters. The number of ether oxygens (including phenoxy) is 3. The van der Waals surface area contributed by atoms with E-state index < -0.39 is 23.4 Å². The fraction of sp³-hybridized carbons (Fsp3) is 0.348. The van der Waals surface area contributed by atoms with Gasteiger partial charge in [-0.05, 0) is 30.2 Å². The van der Waals surface area contributed by atoms with Gasteiger partial charge in [0.2, 0.25) is 0 Å². The van der Waals surface area contributed by atoms with E-state index in [-0.39, 0.29) is 22.8 Å². The molecule has 0 fully saturated rings. The zero-order chi connectivity index (χ0) is 22.9. The molecule has 3 rings (SSSR count). The molecule has 0 N–H and O–H groups in total. The number of likely N-dealkylation sites (N-methyl/N-ethyl adjacent to an activating group) is 1. The predicted octanol–water partition coefficient (Wildman–Crippen LogP) is 2.56. The number of esters is 3. The minimum atomic E-state index is -1.13. The van der Waals surface area contributed by atoms with Crippen molar-refractivity contribution in [3.8, 4) is 0 Å². The highest BCUT2D eigenvalue weighted by molar-refractivity contribution is 6.04. The van der Waals surface area contributed by atoms with Crippen LogP contribution in [0.1, 0.15) is 13.8 Å². The highest BCUT2D eigenvalue weighted by atomic mass is 16.5. The van der Waals surface area contributed by atoms with E-state index in [1.807, 2.05) is 43.0 Å². The van der Waals surface area contributed by atoms with Crippen molar-refractivity contribution < 1.29 is 28.6 Å². The number of anilines is 2. The van der Waals surface area contributed by atoms with Crippen LogP contribution in [0.25, 0.3) is 0 Å². The van der Waals surface area contributed by atoms with Crippen molar-refractivity contribution in [3.05, 3.63) is 59.5 Å². The molecule has 164 valence electrons. The fourth-order valence-corrected chi connectivity index (χ4v) is 4.10. The standard InChI is InChI=1S/C23H26N2O6/c1-14(2)23-12-19(22(28)31-6)24(3)17-9-7-8-10-18(17)25(23)13-15(20(26)29-4)11-16(23)21(27)30-5/h7-14H,1-6H3/t23-/m1/s1. The van der Waals surface area contributed by atoms with Crippen LogP contribution in [0.3, 0.4) is 0 Å². The number of benzene rings is 1. The van der Waals surface area contributed by atoms with Crippen molar-refractivity contribution in [2.45, 2.75) is 19.4 Å². The van der Waals surface area contributed by atoms with Gasteiger partial charge in [0.05, 0.1) is 43.9 Å². The average molecular weight is 426 g/mol. The molecule has 0 saturated carbocycles. The van der Waals surface area contributed by atoms with E-state index in [1.54, 1.807) is 24.2 Å². The van der Waals surface area contributed by atoms with E-state index in [0.717, 1.165) is 0 Å². The van der Waals surface area contributed by atoms with Gasteiger partial charge in [0.1, 0.15) is 11.2 Å². The quantitative estimate of drug-likeness (QED) is 0.537. The molecule has 0 radical (unpaired) electrons. The van der Waals surface area contributed by atoms with Gasteiger partial charge in [-0.3, -0.25) is 0 Å². The van der Waals surface area contributed by atoms with Gasteiger partial charge in [0, 0.05) is 13.2 Å². The van der Waals surface area contributed by atoms with Gasteiger partial charge in [0.25, 0.3) is 0 Å². The van der Waals surface area contributed by atoms with Crippen LogP contribution in [0.4, 0.5) is 11.4 Å². The van der Waals surface area contributed by atoms with Crippen molar-refractivity contribution in [1.29, 1.82) is 0 Å². The summed E-state index contributed by atoms with van der Waals surface area (Å²) >= 11 is 0. The van der Waals surface area contributed by atoms with E-state index in [9.17, 15) is 14.4 Å². The van der Waals surface area contributed by atoms with Gasteiger partial charge in [0.15, 0.2) is 0 Å². The van der Waals surface area contributed by atoms with E-state index in [0.29, 0.717) is 11.4 Å². The second kappa shape index (κ2) is 8.29. The minimum absolute atomic E-state index is 0.187. The number of fused-ring (bicyclic) bond motifs is 3. The Hall–Kier alpha value is -3.55. The smallest absolute Gasteiger partial charge is 0.354 e. The van der Waals surface area contributed by atoms with Crippen LogP contribution in [0, 0.1) is 5.92 Å². The lowest BCUT2D eigenvalue weighted by atomic mass is 9.74. The van der Waals surface area contributed by atoms with Crippen LogP contribution < -0.4 is 9.80 Å².